The Balaban J connectivity index is 1.85. The molecule has 0 fully saturated rings. The molecule has 0 aliphatic heterocycles. The molecule has 0 bridgehead atoms. The van der Waals surface area contributed by atoms with Gasteiger partial charge in [0, 0.05) is 23.7 Å². The minimum absolute atomic E-state index is 0.0214. The summed E-state index contributed by atoms with van der Waals surface area (Å²) >= 11 is 12.1. The van der Waals surface area contributed by atoms with Gasteiger partial charge in [-0.15, -0.1) is 0 Å². The van der Waals surface area contributed by atoms with Crippen molar-refractivity contribution in [2.24, 2.45) is 0 Å². The molecule has 2 aromatic carbocycles. The maximum Gasteiger partial charge on any atom is 0.346 e. The number of amides is 2. The van der Waals surface area contributed by atoms with Crippen LogP contribution in [0.2, 0.25) is 10.0 Å². The molecule has 3 aromatic rings. The number of aromatic nitrogens is 2. The third kappa shape index (κ3) is 5.97. The van der Waals surface area contributed by atoms with Crippen LogP contribution in [0.25, 0.3) is 0 Å². The summed E-state index contributed by atoms with van der Waals surface area (Å²) in [4.78, 5) is 54.7. The predicted molar refractivity (Wildman–Crippen MR) is 123 cm³/mol. The van der Waals surface area contributed by atoms with Gasteiger partial charge in [-0.25, -0.2) is 14.6 Å². The molecular weight excluding hydrogens is 471 g/mol. The molecule has 11 heteroatoms. The Morgan fingerprint density at radius 2 is 1.70 bits per heavy atom. The van der Waals surface area contributed by atoms with Gasteiger partial charge in [0.1, 0.15) is 11.9 Å². The van der Waals surface area contributed by atoms with Gasteiger partial charge in [0.05, 0.1) is 15.6 Å². The fourth-order valence-electron chi connectivity index (χ4n) is 2.94. The monoisotopic (exact) mass is 488 g/mol. The Hall–Kier alpha value is -3.69. The molecule has 33 heavy (non-hydrogen) atoms. The number of H-pyrrole nitrogens is 1. The number of carbonyl (C=O) groups excluding carboxylic acids is 2. The predicted octanol–water partition coefficient (Wildman–Crippen LogP) is 3.06. The van der Waals surface area contributed by atoms with Crippen LogP contribution in [-0.2, 0) is 11.2 Å². The third-order valence-electron chi connectivity index (χ3n) is 4.66. The number of carbonyl (C=O) groups is 3. The van der Waals surface area contributed by atoms with Gasteiger partial charge in [-0.3, -0.25) is 14.6 Å². The Morgan fingerprint density at radius 3 is 2.30 bits per heavy atom. The SMILES string of the molecule is Cc1ccc(C(=O)NC(Cc2cnc(=O)[nH]c2NC(=O)c2c(Cl)cccc2Cl)C(=O)O)cc1. The van der Waals surface area contributed by atoms with Crippen molar-refractivity contribution in [1.29, 1.82) is 0 Å². The number of aliphatic carboxylic acids is 1. The molecule has 1 heterocycles. The highest BCUT2D eigenvalue weighted by Crippen LogP contribution is 2.25. The second kappa shape index (κ2) is 10.3. The topological polar surface area (TPSA) is 141 Å². The van der Waals surface area contributed by atoms with Gasteiger partial charge in [0.2, 0.25) is 0 Å². The van der Waals surface area contributed by atoms with Gasteiger partial charge in [-0.1, -0.05) is 47.0 Å². The van der Waals surface area contributed by atoms with Crippen molar-refractivity contribution >= 4 is 46.8 Å². The quantitative estimate of drug-likeness (QED) is 0.402. The zero-order valence-corrected chi connectivity index (χ0v) is 18.7. The standard InChI is InChI=1S/C22H18Cl2N4O5/c1-11-5-7-12(8-6-11)19(29)26-16(21(31)32)9-13-10-25-22(33)28-18(13)27-20(30)17-14(23)3-2-4-15(17)24/h2-8,10,16H,9H2,1H3,(H,26,29)(H,31,32)(H2,25,27,28,30,33). The van der Waals surface area contributed by atoms with Gasteiger partial charge < -0.3 is 15.7 Å². The molecule has 0 radical (unpaired) electrons. The van der Waals surface area contributed by atoms with E-state index in [1.54, 1.807) is 30.3 Å². The van der Waals surface area contributed by atoms with E-state index in [-0.39, 0.29) is 39.0 Å². The zero-order valence-electron chi connectivity index (χ0n) is 17.2. The molecule has 170 valence electrons. The highest BCUT2D eigenvalue weighted by Gasteiger charge is 2.24. The maximum atomic E-state index is 12.7. The number of hydrogen-bond acceptors (Lipinski definition) is 5. The summed E-state index contributed by atoms with van der Waals surface area (Å²) in [6, 6.07) is 9.74. The number of carboxylic acids is 1. The highest BCUT2D eigenvalue weighted by atomic mass is 35.5. The van der Waals surface area contributed by atoms with Gasteiger partial charge in [0.25, 0.3) is 11.8 Å². The first-order valence-corrected chi connectivity index (χ1v) is 10.3. The lowest BCUT2D eigenvalue weighted by Gasteiger charge is -2.17. The first-order valence-electron chi connectivity index (χ1n) is 9.59. The normalized spacial score (nSPS) is 11.5. The second-order valence-electron chi connectivity index (χ2n) is 7.07. The van der Waals surface area contributed by atoms with Crippen LogP contribution in [0.1, 0.15) is 31.8 Å². The average Bonchev–Trinajstić information content (AvgIpc) is 2.75. The smallest absolute Gasteiger partial charge is 0.346 e. The molecule has 9 nitrogen and oxygen atoms in total. The number of hydrogen-bond donors (Lipinski definition) is 4. The second-order valence-corrected chi connectivity index (χ2v) is 7.89. The van der Waals surface area contributed by atoms with Crippen LogP contribution >= 0.6 is 23.2 Å². The number of benzene rings is 2. The summed E-state index contributed by atoms with van der Waals surface area (Å²) in [5.74, 6) is -2.71. The Kier molecular flexibility index (Phi) is 7.47. The fourth-order valence-corrected chi connectivity index (χ4v) is 3.51. The first kappa shape index (κ1) is 24.0. The van der Waals surface area contributed by atoms with Crippen LogP contribution in [0.15, 0.2) is 53.5 Å². The number of aromatic amines is 1. The number of aryl methyl sites for hydroxylation is 1. The molecule has 2 amide bonds. The summed E-state index contributed by atoms with van der Waals surface area (Å²) in [6.45, 7) is 1.86. The number of nitrogens with zero attached hydrogens (tertiary/aromatic N) is 1. The van der Waals surface area contributed by atoms with Gasteiger partial charge in [-0.2, -0.15) is 0 Å². The van der Waals surface area contributed by atoms with Crippen LogP contribution < -0.4 is 16.3 Å². The molecule has 3 rings (SSSR count). The van der Waals surface area contributed by atoms with Crippen LogP contribution in [0.5, 0.6) is 0 Å². The zero-order chi connectivity index (χ0) is 24.1. The molecule has 1 unspecified atom stereocenters. The maximum absolute atomic E-state index is 12.7. The molecule has 1 atom stereocenters. The van der Waals surface area contributed by atoms with E-state index < -0.39 is 29.5 Å². The third-order valence-corrected chi connectivity index (χ3v) is 5.29. The molecule has 0 saturated heterocycles. The lowest BCUT2D eigenvalue weighted by atomic mass is 10.1. The lowest BCUT2D eigenvalue weighted by molar-refractivity contribution is -0.139. The van der Waals surface area contributed by atoms with Crippen molar-refractivity contribution in [3.63, 3.8) is 0 Å². The number of nitrogens with one attached hydrogen (secondary N) is 3. The molecular formula is C22H18Cl2N4O5. The van der Waals surface area contributed by atoms with E-state index in [4.69, 9.17) is 23.2 Å². The Labute approximate surface area is 197 Å². The van der Waals surface area contributed by atoms with Crippen molar-refractivity contribution in [3.8, 4) is 0 Å². The minimum atomic E-state index is -1.37. The average molecular weight is 489 g/mol. The molecule has 0 aliphatic carbocycles. The lowest BCUT2D eigenvalue weighted by Crippen LogP contribution is -2.42. The molecule has 1 aromatic heterocycles. The highest BCUT2D eigenvalue weighted by molar-refractivity contribution is 6.40. The minimum Gasteiger partial charge on any atom is -0.480 e. The van der Waals surface area contributed by atoms with E-state index in [1.165, 1.54) is 12.1 Å². The summed E-state index contributed by atoms with van der Waals surface area (Å²) in [7, 11) is 0. The van der Waals surface area contributed by atoms with Crippen molar-refractivity contribution < 1.29 is 19.5 Å². The largest absolute Gasteiger partial charge is 0.480 e. The van der Waals surface area contributed by atoms with E-state index in [1.807, 2.05) is 6.92 Å². The first-order chi connectivity index (χ1) is 15.7. The van der Waals surface area contributed by atoms with Crippen molar-refractivity contribution in [1.82, 2.24) is 15.3 Å². The van der Waals surface area contributed by atoms with Gasteiger partial charge >= 0.3 is 11.7 Å². The molecule has 0 saturated carbocycles. The van der Waals surface area contributed by atoms with E-state index in [0.717, 1.165) is 11.8 Å². The number of rotatable bonds is 7. The Bertz CT molecular complexity index is 1250. The van der Waals surface area contributed by atoms with Crippen LogP contribution in [0.3, 0.4) is 0 Å². The van der Waals surface area contributed by atoms with E-state index in [2.05, 4.69) is 20.6 Å². The number of halogens is 2. The van der Waals surface area contributed by atoms with Gasteiger partial charge in [-0.05, 0) is 31.2 Å². The molecule has 0 aliphatic rings. The van der Waals surface area contributed by atoms with Crippen LogP contribution in [0, 0.1) is 6.92 Å². The van der Waals surface area contributed by atoms with Crippen molar-refractivity contribution in [2.75, 3.05) is 5.32 Å². The van der Waals surface area contributed by atoms with Crippen LogP contribution in [-0.4, -0.2) is 38.9 Å². The molecule has 4 N–H and O–H groups in total. The van der Waals surface area contributed by atoms with E-state index >= 15 is 0 Å². The summed E-state index contributed by atoms with van der Waals surface area (Å²) in [6.07, 6.45) is 0.846. The molecule has 0 spiro atoms. The van der Waals surface area contributed by atoms with Crippen molar-refractivity contribution in [2.45, 2.75) is 19.4 Å². The number of anilines is 1. The number of carboxylic acid groups (broad SMARTS) is 1. The van der Waals surface area contributed by atoms with Gasteiger partial charge in [0.15, 0.2) is 0 Å². The summed E-state index contributed by atoms with van der Waals surface area (Å²) in [5, 5.41) is 14.7. The van der Waals surface area contributed by atoms with E-state index in [9.17, 15) is 24.3 Å². The fraction of sp³-hybridized carbons (Fsp3) is 0.136. The van der Waals surface area contributed by atoms with Crippen molar-refractivity contribution in [3.05, 3.63) is 91.4 Å². The summed E-state index contributed by atoms with van der Waals surface area (Å²) in [5.41, 5.74) is 0.609. The van der Waals surface area contributed by atoms with Crippen LogP contribution in [0.4, 0.5) is 5.82 Å². The summed E-state index contributed by atoms with van der Waals surface area (Å²) < 4.78 is 0. The van der Waals surface area contributed by atoms with E-state index in [0.29, 0.717) is 0 Å². The Morgan fingerprint density at radius 1 is 1.06 bits per heavy atom.